The zero-order valence-electron chi connectivity index (χ0n) is 10.1. The lowest BCUT2D eigenvalue weighted by Crippen LogP contribution is -2.32. The molecule has 1 heterocycles. The van der Waals surface area contributed by atoms with Gasteiger partial charge in [0.05, 0.1) is 0 Å². The third-order valence-corrected chi connectivity index (χ3v) is 3.56. The zero-order valence-corrected chi connectivity index (χ0v) is 10.1. The maximum atomic E-state index is 4.17. The Morgan fingerprint density at radius 3 is 2.67 bits per heavy atom. The van der Waals surface area contributed by atoms with Gasteiger partial charge in [-0.3, -0.25) is 4.90 Å². The molecule has 1 aliphatic heterocycles. The van der Waals surface area contributed by atoms with Crippen LogP contribution < -0.4 is 5.32 Å². The van der Waals surface area contributed by atoms with Crippen molar-refractivity contribution in [3.8, 4) is 0 Å². The molecule has 0 amide bonds. The van der Waals surface area contributed by atoms with Crippen LogP contribution in [0.5, 0.6) is 0 Å². The van der Waals surface area contributed by atoms with Gasteiger partial charge >= 0.3 is 0 Å². The topological polar surface area (TPSA) is 15.3 Å². The molecular weight excluding hydrogens is 184 g/mol. The van der Waals surface area contributed by atoms with E-state index in [0.29, 0.717) is 0 Å². The summed E-state index contributed by atoms with van der Waals surface area (Å²) in [5, 5.41) is 3.53. The van der Waals surface area contributed by atoms with Crippen LogP contribution in [0, 0.1) is 5.92 Å². The van der Waals surface area contributed by atoms with Gasteiger partial charge in [0.2, 0.25) is 0 Å². The number of hydrogen-bond acceptors (Lipinski definition) is 2. The molecule has 0 aromatic carbocycles. The Hall–Kier alpha value is -0.340. The molecule has 0 aromatic heterocycles. The summed E-state index contributed by atoms with van der Waals surface area (Å²) in [7, 11) is 0. The van der Waals surface area contributed by atoms with Gasteiger partial charge in [-0.1, -0.05) is 13.5 Å². The molecule has 0 radical (unpaired) electrons. The van der Waals surface area contributed by atoms with Crippen molar-refractivity contribution in [1.29, 1.82) is 0 Å². The summed E-state index contributed by atoms with van der Waals surface area (Å²) in [4.78, 5) is 2.57. The van der Waals surface area contributed by atoms with Crippen molar-refractivity contribution in [2.75, 3.05) is 19.6 Å². The van der Waals surface area contributed by atoms with E-state index >= 15 is 0 Å². The lowest BCUT2D eigenvalue weighted by Gasteiger charge is -2.22. The van der Waals surface area contributed by atoms with Crippen LogP contribution in [-0.2, 0) is 0 Å². The minimum atomic E-state index is 0.748. The molecule has 1 saturated carbocycles. The van der Waals surface area contributed by atoms with Gasteiger partial charge in [0.1, 0.15) is 0 Å². The van der Waals surface area contributed by atoms with Crippen LogP contribution in [-0.4, -0.2) is 36.6 Å². The molecular formula is C13H24N2. The molecule has 2 heteroatoms. The van der Waals surface area contributed by atoms with Crippen LogP contribution in [0.15, 0.2) is 12.2 Å². The molecule has 1 N–H and O–H groups in total. The minimum absolute atomic E-state index is 0.748. The molecule has 0 bridgehead atoms. The van der Waals surface area contributed by atoms with E-state index in [1.54, 1.807) is 0 Å². The summed E-state index contributed by atoms with van der Waals surface area (Å²) in [6.45, 7) is 12.2. The summed E-state index contributed by atoms with van der Waals surface area (Å²) in [5.41, 5.74) is 1.35. The second kappa shape index (κ2) is 4.67. The molecule has 2 rings (SSSR count). The van der Waals surface area contributed by atoms with Crippen molar-refractivity contribution in [3.63, 3.8) is 0 Å². The van der Waals surface area contributed by atoms with Crippen molar-refractivity contribution >= 4 is 0 Å². The van der Waals surface area contributed by atoms with Crippen molar-refractivity contribution in [1.82, 2.24) is 10.2 Å². The van der Waals surface area contributed by atoms with Gasteiger partial charge in [-0.15, -0.1) is 0 Å². The Bertz CT molecular complexity index is 233. The zero-order chi connectivity index (χ0) is 10.8. The lowest BCUT2D eigenvalue weighted by atomic mass is 10.1. The first-order valence-electron chi connectivity index (χ1n) is 6.29. The maximum Gasteiger partial charge on any atom is 0.0205 e. The molecule has 1 saturated heterocycles. The number of nitrogens with zero attached hydrogens (tertiary/aromatic N) is 1. The smallest absolute Gasteiger partial charge is 0.0205 e. The third kappa shape index (κ3) is 3.32. The molecule has 0 spiro atoms. The molecule has 15 heavy (non-hydrogen) atoms. The highest BCUT2D eigenvalue weighted by molar-refractivity contribution is 5.03. The molecule has 2 atom stereocenters. The predicted octanol–water partition coefficient (Wildman–Crippen LogP) is 2.02. The normalized spacial score (nSPS) is 32.1. The number of hydrogen-bond donors (Lipinski definition) is 1. The highest BCUT2D eigenvalue weighted by atomic mass is 15.2. The number of rotatable bonds is 5. The van der Waals surface area contributed by atoms with E-state index in [9.17, 15) is 0 Å². The Kier molecular flexibility index (Phi) is 3.47. The monoisotopic (exact) mass is 208 g/mol. The predicted molar refractivity (Wildman–Crippen MR) is 65.0 cm³/mol. The summed E-state index contributed by atoms with van der Waals surface area (Å²) in [6.07, 6.45) is 4.08. The quantitative estimate of drug-likeness (QED) is 0.695. The van der Waals surface area contributed by atoms with Crippen LogP contribution in [0.1, 0.15) is 33.1 Å². The van der Waals surface area contributed by atoms with Crippen LogP contribution in [0.2, 0.25) is 0 Å². The second-order valence-electron chi connectivity index (χ2n) is 5.52. The highest BCUT2D eigenvalue weighted by Crippen LogP contribution is 2.23. The molecule has 2 nitrogen and oxygen atoms in total. The van der Waals surface area contributed by atoms with Crippen molar-refractivity contribution < 1.29 is 0 Å². The van der Waals surface area contributed by atoms with Crippen LogP contribution in [0.25, 0.3) is 0 Å². The number of nitrogens with one attached hydrogen (secondary N) is 1. The van der Waals surface area contributed by atoms with Crippen LogP contribution >= 0.6 is 0 Å². The van der Waals surface area contributed by atoms with Gasteiger partial charge in [0, 0.05) is 31.7 Å². The summed E-state index contributed by atoms with van der Waals surface area (Å²) < 4.78 is 0. The average Bonchev–Trinajstić information content (AvgIpc) is 2.92. The van der Waals surface area contributed by atoms with E-state index in [1.807, 2.05) is 0 Å². The molecule has 0 aromatic rings. The first-order valence-corrected chi connectivity index (χ1v) is 6.29. The molecule has 86 valence electrons. The summed E-state index contributed by atoms with van der Waals surface area (Å²) in [6, 6.07) is 1.55. The summed E-state index contributed by atoms with van der Waals surface area (Å²) in [5.74, 6) is 0.865. The molecule has 2 aliphatic rings. The molecule has 2 unspecified atom stereocenters. The second-order valence-corrected chi connectivity index (χ2v) is 5.52. The Morgan fingerprint density at radius 2 is 2.13 bits per heavy atom. The largest absolute Gasteiger partial charge is 0.310 e. The van der Waals surface area contributed by atoms with Gasteiger partial charge in [-0.2, -0.15) is 0 Å². The first kappa shape index (κ1) is 11.2. The van der Waals surface area contributed by atoms with Gasteiger partial charge in [-0.25, -0.2) is 0 Å². The number of likely N-dealkylation sites (tertiary alicyclic amines) is 1. The fraction of sp³-hybridized carbons (Fsp3) is 0.846. The molecule has 1 aliphatic carbocycles. The highest BCUT2D eigenvalue weighted by Gasteiger charge is 2.26. The van der Waals surface area contributed by atoms with E-state index in [1.165, 1.54) is 31.4 Å². The van der Waals surface area contributed by atoms with Crippen molar-refractivity contribution in [3.05, 3.63) is 12.2 Å². The van der Waals surface area contributed by atoms with E-state index in [-0.39, 0.29) is 0 Å². The fourth-order valence-electron chi connectivity index (χ4n) is 2.53. The third-order valence-electron chi connectivity index (χ3n) is 3.56. The SMILES string of the molecule is C=C(CNC1CC1)CN1CC(C)CC1C. The van der Waals surface area contributed by atoms with Gasteiger partial charge in [0.25, 0.3) is 0 Å². The Morgan fingerprint density at radius 1 is 1.40 bits per heavy atom. The Balaban J connectivity index is 1.68. The minimum Gasteiger partial charge on any atom is -0.310 e. The van der Waals surface area contributed by atoms with Crippen molar-refractivity contribution in [2.24, 2.45) is 5.92 Å². The Labute approximate surface area is 93.7 Å². The summed E-state index contributed by atoms with van der Waals surface area (Å²) >= 11 is 0. The fourth-order valence-corrected chi connectivity index (χ4v) is 2.53. The van der Waals surface area contributed by atoms with Crippen LogP contribution in [0.4, 0.5) is 0 Å². The maximum absolute atomic E-state index is 4.17. The van der Waals surface area contributed by atoms with E-state index < -0.39 is 0 Å². The van der Waals surface area contributed by atoms with E-state index in [2.05, 4.69) is 30.6 Å². The van der Waals surface area contributed by atoms with Crippen molar-refractivity contribution in [2.45, 2.75) is 45.2 Å². The average molecular weight is 208 g/mol. The van der Waals surface area contributed by atoms with Crippen LogP contribution in [0.3, 0.4) is 0 Å². The lowest BCUT2D eigenvalue weighted by molar-refractivity contribution is 0.286. The standard InChI is InChI=1S/C13H24N2/c1-10-6-12(3)15(8-10)9-11(2)7-14-13-4-5-13/h10,12-14H,2,4-9H2,1,3H3. The van der Waals surface area contributed by atoms with Gasteiger partial charge in [-0.05, 0) is 37.7 Å². The van der Waals surface area contributed by atoms with E-state index in [4.69, 9.17) is 0 Å². The van der Waals surface area contributed by atoms with E-state index in [0.717, 1.165) is 31.1 Å². The first-order chi connectivity index (χ1) is 7.15. The molecule has 2 fully saturated rings. The van der Waals surface area contributed by atoms with Gasteiger partial charge < -0.3 is 5.32 Å². The van der Waals surface area contributed by atoms with Gasteiger partial charge in [0.15, 0.2) is 0 Å².